The van der Waals surface area contributed by atoms with E-state index >= 15 is 0 Å². The molecule has 1 aromatic heterocycles. The fourth-order valence-electron chi connectivity index (χ4n) is 2.15. The maximum absolute atomic E-state index is 11.1. The molecule has 2 aromatic rings. The molecule has 0 amide bonds. The molecule has 0 unspecified atom stereocenters. The second-order valence-electron chi connectivity index (χ2n) is 4.08. The largest absolute Gasteiger partial charge is 0.328 e. The number of aliphatic imine (C=N–C) groups is 1. The first-order valence-electron chi connectivity index (χ1n) is 5.66. The van der Waals surface area contributed by atoms with Gasteiger partial charge in [-0.3, -0.25) is 9.79 Å². The van der Waals surface area contributed by atoms with Gasteiger partial charge in [0.25, 0.3) is 0 Å². The molecule has 0 radical (unpaired) electrons. The highest BCUT2D eigenvalue weighted by Gasteiger charge is 2.14. The molecule has 1 aliphatic heterocycles. The Bertz CT molecular complexity index is 620. The van der Waals surface area contributed by atoms with Crippen molar-refractivity contribution in [2.45, 2.75) is 6.42 Å². The fraction of sp³-hybridized carbons (Fsp3) is 0.143. The van der Waals surface area contributed by atoms with Crippen molar-refractivity contribution in [3.63, 3.8) is 0 Å². The van der Waals surface area contributed by atoms with Gasteiger partial charge in [0, 0.05) is 29.9 Å². The average molecular weight is 224 g/mol. The van der Waals surface area contributed by atoms with Crippen molar-refractivity contribution >= 4 is 5.71 Å². The van der Waals surface area contributed by atoms with E-state index in [4.69, 9.17) is 0 Å². The van der Waals surface area contributed by atoms with E-state index < -0.39 is 0 Å². The zero-order valence-electron chi connectivity index (χ0n) is 9.31. The summed E-state index contributed by atoms with van der Waals surface area (Å²) in [6.45, 7) is 0.811. The van der Waals surface area contributed by atoms with Gasteiger partial charge in [-0.15, -0.1) is 0 Å². The highest BCUT2D eigenvalue weighted by atomic mass is 16.1. The van der Waals surface area contributed by atoms with Crippen LogP contribution in [-0.2, 0) is 6.42 Å². The van der Waals surface area contributed by atoms with Crippen molar-refractivity contribution in [2.75, 3.05) is 6.54 Å². The van der Waals surface area contributed by atoms with Gasteiger partial charge in [0.15, 0.2) is 0 Å². The van der Waals surface area contributed by atoms with Gasteiger partial charge in [0.05, 0.1) is 5.71 Å². The number of pyridine rings is 1. The van der Waals surface area contributed by atoms with E-state index in [9.17, 15) is 4.79 Å². The topological polar surface area (TPSA) is 45.2 Å². The van der Waals surface area contributed by atoms with Crippen molar-refractivity contribution < 1.29 is 0 Å². The summed E-state index contributed by atoms with van der Waals surface area (Å²) in [6.07, 6.45) is 2.71. The molecule has 0 fully saturated rings. The van der Waals surface area contributed by atoms with Crippen LogP contribution in [0.5, 0.6) is 0 Å². The summed E-state index contributed by atoms with van der Waals surface area (Å²) in [7, 11) is 0. The Kier molecular flexibility index (Phi) is 2.37. The molecule has 1 aliphatic rings. The number of nitrogens with zero attached hydrogens (tertiary/aromatic N) is 1. The van der Waals surface area contributed by atoms with E-state index in [1.807, 2.05) is 12.1 Å². The molecule has 3 rings (SSSR count). The second kappa shape index (κ2) is 4.01. The Morgan fingerprint density at radius 1 is 1.12 bits per heavy atom. The minimum atomic E-state index is -0.0848. The number of nitrogens with one attached hydrogen (secondary N) is 1. The molecule has 0 bridgehead atoms. The third kappa shape index (κ3) is 1.80. The molecule has 17 heavy (non-hydrogen) atoms. The second-order valence-corrected chi connectivity index (χ2v) is 4.08. The van der Waals surface area contributed by atoms with Gasteiger partial charge < -0.3 is 4.98 Å². The van der Waals surface area contributed by atoms with Crippen molar-refractivity contribution in [3.05, 3.63) is 69.6 Å². The summed E-state index contributed by atoms with van der Waals surface area (Å²) in [6, 6.07) is 11.6. The lowest BCUT2D eigenvalue weighted by molar-refractivity contribution is 0.943. The number of aromatic nitrogens is 1. The number of rotatable bonds is 1. The number of H-pyrrole nitrogens is 1. The molecule has 0 atom stereocenters. The van der Waals surface area contributed by atoms with E-state index in [0.717, 1.165) is 24.2 Å². The number of aromatic amines is 1. The van der Waals surface area contributed by atoms with E-state index in [2.05, 4.69) is 28.2 Å². The van der Waals surface area contributed by atoms with Crippen molar-refractivity contribution in [3.8, 4) is 0 Å². The van der Waals surface area contributed by atoms with Crippen molar-refractivity contribution in [2.24, 2.45) is 4.99 Å². The lowest BCUT2D eigenvalue weighted by Gasteiger charge is -2.16. The van der Waals surface area contributed by atoms with Gasteiger partial charge in [0.2, 0.25) is 5.56 Å². The van der Waals surface area contributed by atoms with Crippen LogP contribution in [0.1, 0.15) is 16.7 Å². The Hall–Kier alpha value is -2.16. The van der Waals surface area contributed by atoms with E-state index in [1.54, 1.807) is 6.20 Å². The molecule has 2 heterocycles. The lowest BCUT2D eigenvalue weighted by Crippen LogP contribution is -2.15. The molecule has 1 aromatic carbocycles. The SMILES string of the molecule is O=c1ccc(C2=NCCc3ccccc32)c[nH]1. The van der Waals surface area contributed by atoms with E-state index in [0.29, 0.717) is 0 Å². The summed E-state index contributed by atoms with van der Waals surface area (Å²) in [4.78, 5) is 18.3. The summed E-state index contributed by atoms with van der Waals surface area (Å²) in [5.41, 5.74) is 4.35. The molecule has 0 saturated carbocycles. The van der Waals surface area contributed by atoms with Crippen molar-refractivity contribution in [1.82, 2.24) is 4.98 Å². The summed E-state index contributed by atoms with van der Waals surface area (Å²) in [5, 5.41) is 0. The molecule has 0 aliphatic carbocycles. The van der Waals surface area contributed by atoms with Gasteiger partial charge >= 0.3 is 0 Å². The number of hydrogen-bond donors (Lipinski definition) is 1. The van der Waals surface area contributed by atoms with Gasteiger partial charge in [-0.25, -0.2) is 0 Å². The van der Waals surface area contributed by atoms with Gasteiger partial charge in [-0.2, -0.15) is 0 Å². The standard InChI is InChI=1S/C14H12N2O/c17-13-6-5-11(9-16-13)14-12-4-2-1-3-10(12)7-8-15-14/h1-6,9H,7-8H2,(H,16,17). The highest BCUT2D eigenvalue weighted by Crippen LogP contribution is 2.19. The van der Waals surface area contributed by atoms with Gasteiger partial charge in [-0.05, 0) is 18.1 Å². The van der Waals surface area contributed by atoms with Crippen LogP contribution in [0.15, 0.2) is 52.4 Å². The Balaban J connectivity index is 2.12. The number of benzene rings is 1. The molecule has 3 nitrogen and oxygen atoms in total. The Morgan fingerprint density at radius 2 is 2.00 bits per heavy atom. The number of fused-ring (bicyclic) bond motifs is 1. The fourth-order valence-corrected chi connectivity index (χ4v) is 2.15. The first-order valence-corrected chi connectivity index (χ1v) is 5.66. The molecule has 1 N–H and O–H groups in total. The Labute approximate surface area is 98.9 Å². The van der Waals surface area contributed by atoms with Crippen LogP contribution in [0.3, 0.4) is 0 Å². The minimum absolute atomic E-state index is 0.0848. The monoisotopic (exact) mass is 224 g/mol. The Morgan fingerprint density at radius 3 is 2.82 bits per heavy atom. The van der Waals surface area contributed by atoms with Gasteiger partial charge in [-0.1, -0.05) is 24.3 Å². The maximum atomic E-state index is 11.1. The van der Waals surface area contributed by atoms with E-state index in [1.165, 1.54) is 17.2 Å². The van der Waals surface area contributed by atoms with Crippen LogP contribution in [0.4, 0.5) is 0 Å². The lowest BCUT2D eigenvalue weighted by atomic mass is 9.94. The first kappa shape index (κ1) is 10.0. The highest BCUT2D eigenvalue weighted by molar-refractivity contribution is 6.14. The van der Waals surface area contributed by atoms with Gasteiger partial charge in [0.1, 0.15) is 0 Å². The quantitative estimate of drug-likeness (QED) is 0.788. The molecular formula is C14H12N2O. The predicted octanol–water partition coefficient (Wildman–Crippen LogP) is 1.77. The predicted molar refractivity (Wildman–Crippen MR) is 67.7 cm³/mol. The zero-order chi connectivity index (χ0) is 11.7. The molecular weight excluding hydrogens is 212 g/mol. The van der Waals surface area contributed by atoms with Crippen LogP contribution in [-0.4, -0.2) is 17.2 Å². The summed E-state index contributed by atoms with van der Waals surface area (Å²) in [5.74, 6) is 0. The summed E-state index contributed by atoms with van der Waals surface area (Å²) < 4.78 is 0. The molecule has 84 valence electrons. The minimum Gasteiger partial charge on any atom is -0.328 e. The molecule has 0 spiro atoms. The average Bonchev–Trinajstić information content (AvgIpc) is 2.39. The third-order valence-electron chi connectivity index (χ3n) is 2.98. The molecule has 3 heteroatoms. The van der Waals surface area contributed by atoms with E-state index in [-0.39, 0.29) is 5.56 Å². The third-order valence-corrected chi connectivity index (χ3v) is 2.98. The smallest absolute Gasteiger partial charge is 0.247 e. The van der Waals surface area contributed by atoms with Crippen LogP contribution in [0, 0.1) is 0 Å². The summed E-state index contributed by atoms with van der Waals surface area (Å²) >= 11 is 0. The number of hydrogen-bond acceptors (Lipinski definition) is 2. The van der Waals surface area contributed by atoms with Crippen LogP contribution in [0.25, 0.3) is 0 Å². The van der Waals surface area contributed by atoms with Crippen molar-refractivity contribution in [1.29, 1.82) is 0 Å². The first-order chi connectivity index (χ1) is 8.34. The normalized spacial score (nSPS) is 14.0. The van der Waals surface area contributed by atoms with Crippen LogP contribution < -0.4 is 5.56 Å². The maximum Gasteiger partial charge on any atom is 0.247 e. The van der Waals surface area contributed by atoms with Crippen LogP contribution >= 0.6 is 0 Å². The van der Waals surface area contributed by atoms with Crippen LogP contribution in [0.2, 0.25) is 0 Å². The zero-order valence-corrected chi connectivity index (χ0v) is 9.31. The molecule has 0 saturated heterocycles.